The minimum absolute atomic E-state index is 0.160. The lowest BCUT2D eigenvalue weighted by atomic mass is 9.93. The molecule has 138 valence electrons. The molecular formula is C19H22FN3O3. The van der Waals surface area contributed by atoms with Crippen LogP contribution in [0.3, 0.4) is 0 Å². The summed E-state index contributed by atoms with van der Waals surface area (Å²) in [6.07, 6.45) is 0.658. The Morgan fingerprint density at radius 2 is 2.08 bits per heavy atom. The second-order valence-corrected chi connectivity index (χ2v) is 7.57. The van der Waals surface area contributed by atoms with Crippen LogP contribution in [0.4, 0.5) is 15.9 Å². The number of hydrogen-bond donors (Lipinski definition) is 1. The minimum atomic E-state index is -0.665. The summed E-state index contributed by atoms with van der Waals surface area (Å²) in [7, 11) is 0. The van der Waals surface area contributed by atoms with Crippen molar-refractivity contribution < 1.29 is 18.5 Å². The molecule has 1 atom stereocenters. The zero-order valence-corrected chi connectivity index (χ0v) is 15.3. The van der Waals surface area contributed by atoms with Crippen LogP contribution in [0.5, 0.6) is 0 Å². The Bertz CT molecular complexity index is 854. The molecule has 0 spiro atoms. The molecule has 1 aromatic heterocycles. The van der Waals surface area contributed by atoms with E-state index in [0.717, 1.165) is 0 Å². The maximum absolute atomic E-state index is 13.5. The van der Waals surface area contributed by atoms with E-state index < -0.39 is 6.04 Å². The summed E-state index contributed by atoms with van der Waals surface area (Å²) in [6.45, 7) is 7.56. The average Bonchev–Trinajstić information content (AvgIpc) is 3.16. The van der Waals surface area contributed by atoms with Crippen molar-refractivity contribution in [2.75, 3.05) is 10.2 Å². The summed E-state index contributed by atoms with van der Waals surface area (Å²) < 4.78 is 18.8. The fraction of sp³-hybridized carbons (Fsp3) is 0.421. The van der Waals surface area contributed by atoms with Crippen LogP contribution in [0.15, 0.2) is 28.8 Å². The number of carbonyl (C=O) groups excluding carboxylic acids is 2. The van der Waals surface area contributed by atoms with Gasteiger partial charge < -0.3 is 9.84 Å². The molecule has 7 heteroatoms. The van der Waals surface area contributed by atoms with Crippen LogP contribution in [0.25, 0.3) is 0 Å². The molecule has 1 saturated heterocycles. The molecule has 2 heterocycles. The van der Waals surface area contributed by atoms with Crippen LogP contribution < -0.4 is 10.2 Å². The van der Waals surface area contributed by atoms with Crippen molar-refractivity contribution >= 4 is 23.3 Å². The fourth-order valence-corrected chi connectivity index (χ4v) is 2.93. The highest BCUT2D eigenvalue weighted by Gasteiger charge is 2.37. The molecule has 3 rings (SSSR count). The van der Waals surface area contributed by atoms with E-state index in [-0.39, 0.29) is 29.5 Å². The Morgan fingerprint density at radius 1 is 1.35 bits per heavy atom. The molecule has 1 fully saturated rings. The van der Waals surface area contributed by atoms with Crippen LogP contribution in [0, 0.1) is 12.7 Å². The number of aryl methyl sites for hydroxylation is 1. The predicted molar refractivity (Wildman–Crippen MR) is 95.5 cm³/mol. The Labute approximate surface area is 151 Å². The molecular weight excluding hydrogens is 337 g/mol. The van der Waals surface area contributed by atoms with Gasteiger partial charge in [0.25, 0.3) is 0 Å². The van der Waals surface area contributed by atoms with E-state index in [2.05, 4.69) is 10.5 Å². The van der Waals surface area contributed by atoms with Gasteiger partial charge in [-0.1, -0.05) is 25.9 Å². The van der Waals surface area contributed by atoms with Crippen molar-refractivity contribution in [3.8, 4) is 0 Å². The second kappa shape index (κ2) is 6.55. The Balaban J connectivity index is 1.80. The van der Waals surface area contributed by atoms with Gasteiger partial charge in [0.05, 0.1) is 0 Å². The monoisotopic (exact) mass is 359 g/mol. The third-order valence-electron chi connectivity index (χ3n) is 4.43. The SMILES string of the molecule is Cc1cc(N2C(=O)CC[C@H]2C(=O)Nc2cc(C(C)(C)C)on2)ccc1F. The third-order valence-corrected chi connectivity index (χ3v) is 4.43. The van der Waals surface area contributed by atoms with E-state index in [4.69, 9.17) is 4.52 Å². The molecule has 0 radical (unpaired) electrons. The van der Waals surface area contributed by atoms with Crippen molar-refractivity contribution in [1.29, 1.82) is 0 Å². The number of anilines is 2. The molecule has 2 aromatic rings. The zero-order chi connectivity index (χ0) is 19.1. The molecule has 1 N–H and O–H groups in total. The van der Waals surface area contributed by atoms with Crippen LogP contribution in [-0.2, 0) is 15.0 Å². The molecule has 0 saturated carbocycles. The van der Waals surface area contributed by atoms with Gasteiger partial charge in [-0.15, -0.1) is 0 Å². The third kappa shape index (κ3) is 3.47. The van der Waals surface area contributed by atoms with Crippen molar-refractivity contribution in [3.05, 3.63) is 41.4 Å². The van der Waals surface area contributed by atoms with Gasteiger partial charge in [0, 0.05) is 23.6 Å². The van der Waals surface area contributed by atoms with Gasteiger partial charge in [-0.2, -0.15) is 0 Å². The number of aromatic nitrogens is 1. The molecule has 1 aliphatic rings. The van der Waals surface area contributed by atoms with Crippen LogP contribution in [-0.4, -0.2) is 23.0 Å². The van der Waals surface area contributed by atoms with Gasteiger partial charge in [0.1, 0.15) is 17.6 Å². The first-order valence-electron chi connectivity index (χ1n) is 8.53. The van der Waals surface area contributed by atoms with E-state index >= 15 is 0 Å². The first-order valence-corrected chi connectivity index (χ1v) is 8.53. The fourth-order valence-electron chi connectivity index (χ4n) is 2.93. The standard InChI is InChI=1S/C19H22FN3O3/c1-11-9-12(5-6-13(11)20)23-14(7-8-17(23)24)18(25)21-16-10-15(26-22-16)19(2,3)4/h5-6,9-10,14H,7-8H2,1-4H3,(H,21,22,25)/t14-/m0/s1. The highest BCUT2D eigenvalue weighted by molar-refractivity contribution is 6.07. The lowest BCUT2D eigenvalue weighted by Gasteiger charge is -2.24. The highest BCUT2D eigenvalue weighted by atomic mass is 19.1. The maximum atomic E-state index is 13.5. The number of carbonyl (C=O) groups is 2. The van der Waals surface area contributed by atoms with Gasteiger partial charge in [0.15, 0.2) is 5.82 Å². The largest absolute Gasteiger partial charge is 0.359 e. The topological polar surface area (TPSA) is 75.4 Å². The minimum Gasteiger partial charge on any atom is -0.359 e. The van der Waals surface area contributed by atoms with Gasteiger partial charge in [-0.3, -0.25) is 14.5 Å². The van der Waals surface area contributed by atoms with Crippen molar-refractivity contribution in [2.45, 2.75) is 52.0 Å². The quantitative estimate of drug-likeness (QED) is 0.909. The molecule has 26 heavy (non-hydrogen) atoms. The molecule has 6 nitrogen and oxygen atoms in total. The predicted octanol–water partition coefficient (Wildman–Crippen LogP) is 3.55. The summed E-state index contributed by atoms with van der Waals surface area (Å²) in [5.74, 6) is 0.118. The Kier molecular flexibility index (Phi) is 4.56. The summed E-state index contributed by atoms with van der Waals surface area (Å²) >= 11 is 0. The molecule has 0 aliphatic carbocycles. The Hall–Kier alpha value is -2.70. The van der Waals surface area contributed by atoms with Gasteiger partial charge in [-0.05, 0) is 37.1 Å². The molecule has 2 amide bonds. The Morgan fingerprint density at radius 3 is 2.69 bits per heavy atom. The van der Waals surface area contributed by atoms with E-state index in [1.807, 2.05) is 20.8 Å². The highest BCUT2D eigenvalue weighted by Crippen LogP contribution is 2.29. The lowest BCUT2D eigenvalue weighted by Crippen LogP contribution is -2.41. The van der Waals surface area contributed by atoms with Gasteiger partial charge in [-0.25, -0.2) is 4.39 Å². The normalized spacial score (nSPS) is 17.7. The van der Waals surface area contributed by atoms with Crippen molar-refractivity contribution in [3.63, 3.8) is 0 Å². The molecule has 1 aromatic carbocycles. The number of amides is 2. The molecule has 0 bridgehead atoms. The molecule has 0 unspecified atom stereocenters. The van der Waals surface area contributed by atoms with E-state index in [1.54, 1.807) is 19.1 Å². The molecule has 1 aliphatic heterocycles. The van der Waals surface area contributed by atoms with E-state index in [0.29, 0.717) is 29.2 Å². The number of nitrogens with zero attached hydrogens (tertiary/aromatic N) is 2. The number of hydrogen-bond acceptors (Lipinski definition) is 4. The number of halogens is 1. The zero-order valence-electron chi connectivity index (χ0n) is 15.3. The van der Waals surface area contributed by atoms with Gasteiger partial charge in [0.2, 0.25) is 11.8 Å². The van der Waals surface area contributed by atoms with E-state index in [9.17, 15) is 14.0 Å². The maximum Gasteiger partial charge on any atom is 0.248 e. The summed E-state index contributed by atoms with van der Waals surface area (Å²) in [4.78, 5) is 26.4. The lowest BCUT2D eigenvalue weighted by molar-refractivity contribution is -0.120. The second-order valence-electron chi connectivity index (χ2n) is 7.57. The summed E-state index contributed by atoms with van der Waals surface area (Å²) in [5, 5.41) is 6.59. The van der Waals surface area contributed by atoms with Crippen LogP contribution in [0.2, 0.25) is 0 Å². The van der Waals surface area contributed by atoms with Crippen LogP contribution >= 0.6 is 0 Å². The summed E-state index contributed by atoms with van der Waals surface area (Å²) in [6, 6.07) is 5.41. The summed E-state index contributed by atoms with van der Waals surface area (Å²) in [5.41, 5.74) is 0.714. The average molecular weight is 359 g/mol. The number of nitrogens with one attached hydrogen (secondary N) is 1. The van der Waals surface area contributed by atoms with Crippen LogP contribution in [0.1, 0.15) is 44.9 Å². The van der Waals surface area contributed by atoms with E-state index in [1.165, 1.54) is 17.0 Å². The van der Waals surface area contributed by atoms with Gasteiger partial charge >= 0.3 is 0 Å². The smallest absolute Gasteiger partial charge is 0.248 e. The first-order chi connectivity index (χ1) is 12.2. The van der Waals surface area contributed by atoms with Crippen molar-refractivity contribution in [1.82, 2.24) is 5.16 Å². The first kappa shape index (κ1) is 18.1. The number of benzene rings is 1. The number of rotatable bonds is 3. The van der Waals surface area contributed by atoms with Crippen molar-refractivity contribution in [2.24, 2.45) is 0 Å².